The van der Waals surface area contributed by atoms with Crippen LogP contribution in [0.4, 0.5) is 0 Å². The molecule has 1 fully saturated rings. The third-order valence-electron chi connectivity index (χ3n) is 4.95. The largest absolute Gasteiger partial charge is 0.494 e. The normalized spacial score (nSPS) is 17.9. The van der Waals surface area contributed by atoms with Gasteiger partial charge < -0.3 is 9.26 Å². The van der Waals surface area contributed by atoms with Crippen molar-refractivity contribution < 1.29 is 17.7 Å². The van der Waals surface area contributed by atoms with E-state index in [1.54, 1.807) is 24.3 Å². The summed E-state index contributed by atoms with van der Waals surface area (Å²) in [6, 6.07) is 15.5. The van der Waals surface area contributed by atoms with Crippen molar-refractivity contribution in [2.75, 3.05) is 13.2 Å². The van der Waals surface area contributed by atoms with Gasteiger partial charge in [-0.15, -0.1) is 0 Å². The number of piperidine rings is 1. The smallest absolute Gasteiger partial charge is 0.245 e. The minimum Gasteiger partial charge on any atom is -0.494 e. The Bertz CT molecular complexity index is 1050. The summed E-state index contributed by atoms with van der Waals surface area (Å²) in [5.74, 6) is 1.44. The van der Waals surface area contributed by atoms with Crippen LogP contribution in [0.2, 0.25) is 0 Å². The monoisotopic (exact) mass is 413 g/mol. The number of hydrogen-bond acceptors (Lipinski definition) is 6. The second kappa shape index (κ2) is 8.34. The van der Waals surface area contributed by atoms with Crippen molar-refractivity contribution in [2.45, 2.75) is 37.1 Å². The molecule has 0 aliphatic carbocycles. The molecule has 8 heteroatoms. The second-order valence-corrected chi connectivity index (χ2v) is 8.74. The molecule has 0 amide bonds. The third kappa shape index (κ3) is 4.04. The van der Waals surface area contributed by atoms with Gasteiger partial charge in [-0.3, -0.25) is 0 Å². The van der Waals surface area contributed by atoms with Crippen LogP contribution in [0.5, 0.6) is 5.75 Å². The van der Waals surface area contributed by atoms with Crippen LogP contribution in [0.1, 0.15) is 38.1 Å². The van der Waals surface area contributed by atoms with E-state index in [4.69, 9.17) is 9.26 Å². The van der Waals surface area contributed by atoms with Gasteiger partial charge in [0.1, 0.15) is 11.8 Å². The van der Waals surface area contributed by atoms with Crippen molar-refractivity contribution >= 4 is 10.0 Å². The molecule has 0 radical (unpaired) electrons. The standard InChI is InChI=1S/C21H23N3O4S/c1-2-27-17-11-13-18(14-12-17)29(25,26)24-15-7-6-10-19(24)21-22-20(23-28-21)16-8-4-3-5-9-16/h3-5,8-9,11-14,19H,2,6-7,10,15H2,1H3/t19-/m1/s1. The van der Waals surface area contributed by atoms with Gasteiger partial charge in [0.05, 0.1) is 11.5 Å². The molecule has 1 aromatic heterocycles. The number of hydrogen-bond donors (Lipinski definition) is 0. The van der Waals surface area contributed by atoms with Gasteiger partial charge in [0.2, 0.25) is 21.7 Å². The molecule has 1 atom stereocenters. The van der Waals surface area contributed by atoms with Crippen molar-refractivity contribution in [1.29, 1.82) is 0 Å². The maximum absolute atomic E-state index is 13.3. The summed E-state index contributed by atoms with van der Waals surface area (Å²) < 4.78 is 39.0. The Kier molecular flexibility index (Phi) is 5.64. The van der Waals surface area contributed by atoms with E-state index >= 15 is 0 Å². The second-order valence-electron chi connectivity index (χ2n) is 6.85. The van der Waals surface area contributed by atoms with E-state index in [1.165, 1.54) is 4.31 Å². The molecule has 3 aromatic rings. The fraction of sp³-hybridized carbons (Fsp3) is 0.333. The van der Waals surface area contributed by atoms with Crippen LogP contribution < -0.4 is 4.74 Å². The molecule has 1 aliphatic heterocycles. The molecule has 152 valence electrons. The van der Waals surface area contributed by atoms with Crippen molar-refractivity contribution in [3.05, 3.63) is 60.5 Å². The van der Waals surface area contributed by atoms with Crippen LogP contribution in [0.15, 0.2) is 64.0 Å². The first-order valence-corrected chi connectivity index (χ1v) is 11.2. The molecule has 4 rings (SSSR count). The predicted octanol–water partition coefficient (Wildman–Crippen LogP) is 4.05. The summed E-state index contributed by atoms with van der Waals surface area (Å²) in [5.41, 5.74) is 0.833. The molecular formula is C21H23N3O4S. The molecule has 7 nitrogen and oxygen atoms in total. The number of nitrogens with zero attached hydrogens (tertiary/aromatic N) is 3. The number of sulfonamides is 1. The van der Waals surface area contributed by atoms with Crippen LogP contribution in [0, 0.1) is 0 Å². The first-order chi connectivity index (χ1) is 14.1. The number of rotatable bonds is 6. The van der Waals surface area contributed by atoms with Gasteiger partial charge in [-0.05, 0) is 44.0 Å². The highest BCUT2D eigenvalue weighted by Crippen LogP contribution is 2.35. The topological polar surface area (TPSA) is 85.5 Å². The lowest BCUT2D eigenvalue weighted by atomic mass is 10.1. The van der Waals surface area contributed by atoms with Crippen LogP contribution in [-0.2, 0) is 10.0 Å². The van der Waals surface area contributed by atoms with E-state index in [2.05, 4.69) is 10.1 Å². The summed E-state index contributed by atoms with van der Waals surface area (Å²) in [4.78, 5) is 4.73. The van der Waals surface area contributed by atoms with Gasteiger partial charge in [-0.25, -0.2) is 8.42 Å². The SMILES string of the molecule is CCOc1ccc(S(=O)(=O)N2CCCC[C@@H]2c2nc(-c3ccccc3)no2)cc1. The van der Waals surface area contributed by atoms with Crippen LogP contribution in [0.25, 0.3) is 11.4 Å². The minimum absolute atomic E-state index is 0.232. The molecule has 0 saturated carbocycles. The summed E-state index contributed by atoms with van der Waals surface area (Å²) in [5, 5.41) is 4.06. The van der Waals surface area contributed by atoms with Gasteiger partial charge in [0.15, 0.2) is 0 Å². The first kappa shape index (κ1) is 19.6. The molecular weight excluding hydrogens is 390 g/mol. The van der Waals surface area contributed by atoms with E-state index in [1.807, 2.05) is 37.3 Å². The highest BCUT2D eigenvalue weighted by atomic mass is 32.2. The Morgan fingerprint density at radius 1 is 1.10 bits per heavy atom. The van der Waals surface area contributed by atoms with Gasteiger partial charge in [-0.1, -0.05) is 41.9 Å². The molecule has 0 unspecified atom stereocenters. The van der Waals surface area contributed by atoms with Gasteiger partial charge in [-0.2, -0.15) is 9.29 Å². The highest BCUT2D eigenvalue weighted by molar-refractivity contribution is 7.89. The van der Waals surface area contributed by atoms with Crippen LogP contribution in [-0.4, -0.2) is 36.0 Å². The molecule has 1 aliphatic rings. The summed E-state index contributed by atoms with van der Waals surface area (Å²) in [7, 11) is -3.70. The maximum atomic E-state index is 13.3. The van der Waals surface area contributed by atoms with Gasteiger partial charge >= 0.3 is 0 Å². The fourth-order valence-electron chi connectivity index (χ4n) is 3.52. The average Bonchev–Trinajstić information content (AvgIpc) is 3.25. The number of benzene rings is 2. The van der Waals surface area contributed by atoms with Crippen molar-refractivity contribution in [3.8, 4) is 17.1 Å². The van der Waals surface area contributed by atoms with Gasteiger partial charge in [0, 0.05) is 12.1 Å². The van der Waals surface area contributed by atoms with Crippen molar-refractivity contribution in [1.82, 2.24) is 14.4 Å². The van der Waals surface area contributed by atoms with Crippen molar-refractivity contribution in [3.63, 3.8) is 0 Å². The molecule has 0 N–H and O–H groups in total. The Morgan fingerprint density at radius 3 is 2.59 bits per heavy atom. The van der Waals surface area contributed by atoms with E-state index in [-0.39, 0.29) is 4.90 Å². The Balaban J connectivity index is 1.63. The van der Waals surface area contributed by atoms with Gasteiger partial charge in [0.25, 0.3) is 0 Å². The maximum Gasteiger partial charge on any atom is 0.245 e. The fourth-order valence-corrected chi connectivity index (χ4v) is 5.18. The highest BCUT2D eigenvalue weighted by Gasteiger charge is 2.37. The van der Waals surface area contributed by atoms with E-state index in [9.17, 15) is 8.42 Å². The summed E-state index contributed by atoms with van der Waals surface area (Å²) in [6.45, 7) is 2.83. The quantitative estimate of drug-likeness (QED) is 0.606. The molecule has 0 bridgehead atoms. The molecule has 2 heterocycles. The lowest BCUT2D eigenvalue weighted by Gasteiger charge is -2.32. The molecule has 1 saturated heterocycles. The summed E-state index contributed by atoms with van der Waals surface area (Å²) >= 11 is 0. The van der Waals surface area contributed by atoms with Crippen molar-refractivity contribution in [2.24, 2.45) is 0 Å². The zero-order valence-electron chi connectivity index (χ0n) is 16.2. The zero-order valence-corrected chi connectivity index (χ0v) is 17.0. The molecule has 0 spiro atoms. The first-order valence-electron chi connectivity index (χ1n) is 9.73. The summed E-state index contributed by atoms with van der Waals surface area (Å²) in [6.07, 6.45) is 2.35. The lowest BCUT2D eigenvalue weighted by Crippen LogP contribution is -2.38. The lowest BCUT2D eigenvalue weighted by molar-refractivity contribution is 0.204. The minimum atomic E-state index is -3.70. The third-order valence-corrected chi connectivity index (χ3v) is 6.88. The zero-order chi connectivity index (χ0) is 20.3. The number of ether oxygens (including phenoxy) is 1. The molecule has 29 heavy (non-hydrogen) atoms. The van der Waals surface area contributed by atoms with E-state index in [0.29, 0.717) is 37.0 Å². The molecule has 2 aromatic carbocycles. The Labute approximate surface area is 170 Å². The van der Waals surface area contributed by atoms with E-state index in [0.717, 1.165) is 18.4 Å². The van der Waals surface area contributed by atoms with Crippen LogP contribution in [0.3, 0.4) is 0 Å². The Morgan fingerprint density at radius 2 is 1.86 bits per heavy atom. The predicted molar refractivity (Wildman–Crippen MR) is 108 cm³/mol. The van der Waals surface area contributed by atoms with E-state index < -0.39 is 16.1 Å². The number of aromatic nitrogens is 2. The average molecular weight is 413 g/mol. The van der Waals surface area contributed by atoms with Crippen LogP contribution >= 0.6 is 0 Å². The Hall–Kier alpha value is -2.71.